The molecule has 1 heterocycles. The van der Waals surface area contributed by atoms with E-state index in [2.05, 4.69) is 38.1 Å². The largest absolute Gasteiger partial charge is 0.378 e. The van der Waals surface area contributed by atoms with E-state index in [0.717, 1.165) is 45.4 Å². The monoisotopic (exact) mass is 368 g/mol. The predicted molar refractivity (Wildman–Crippen MR) is 105 cm³/mol. The summed E-state index contributed by atoms with van der Waals surface area (Å²) in [5.41, 5.74) is 8.07. The average molecular weight is 369 g/mol. The second-order valence-electron chi connectivity index (χ2n) is 6.99. The number of piperidine rings is 1. The van der Waals surface area contributed by atoms with Crippen LogP contribution in [0.1, 0.15) is 56.6 Å². The van der Waals surface area contributed by atoms with Gasteiger partial charge in [-0.25, -0.2) is 0 Å². The number of carbonyl (C=O) groups excluding carboxylic acids is 1. The van der Waals surface area contributed by atoms with Crippen molar-refractivity contribution in [3.8, 4) is 0 Å². The Kier molecular flexibility index (Phi) is 10.1. The zero-order chi connectivity index (χ0) is 17.4. The highest BCUT2D eigenvalue weighted by atomic mass is 35.5. The van der Waals surface area contributed by atoms with Crippen molar-refractivity contribution in [3.63, 3.8) is 0 Å². The van der Waals surface area contributed by atoms with Crippen molar-refractivity contribution in [2.75, 3.05) is 26.2 Å². The molecule has 1 amide bonds. The SMILES string of the molecule is CC(C)c1ccc(CCC(=O)N2CCC(OCCCN)CC2)cc1.Cl. The maximum Gasteiger partial charge on any atom is 0.222 e. The van der Waals surface area contributed by atoms with E-state index in [0.29, 0.717) is 25.0 Å². The molecule has 1 aromatic carbocycles. The maximum absolute atomic E-state index is 12.4. The summed E-state index contributed by atoms with van der Waals surface area (Å²) < 4.78 is 5.79. The Morgan fingerprint density at radius 1 is 1.24 bits per heavy atom. The highest BCUT2D eigenvalue weighted by Gasteiger charge is 2.22. The van der Waals surface area contributed by atoms with Crippen LogP contribution >= 0.6 is 12.4 Å². The molecule has 0 spiro atoms. The van der Waals surface area contributed by atoms with Gasteiger partial charge in [-0.1, -0.05) is 38.1 Å². The lowest BCUT2D eigenvalue weighted by molar-refractivity contribution is -0.133. The summed E-state index contributed by atoms with van der Waals surface area (Å²) in [6, 6.07) is 8.66. The molecule has 0 radical (unpaired) electrons. The molecule has 0 atom stereocenters. The lowest BCUT2D eigenvalue weighted by Crippen LogP contribution is -2.41. The summed E-state index contributed by atoms with van der Waals surface area (Å²) >= 11 is 0. The molecule has 2 rings (SSSR count). The molecule has 1 fully saturated rings. The van der Waals surface area contributed by atoms with Crippen molar-refractivity contribution in [1.29, 1.82) is 0 Å². The zero-order valence-corrected chi connectivity index (χ0v) is 16.4. The summed E-state index contributed by atoms with van der Waals surface area (Å²) in [6.45, 7) is 7.44. The van der Waals surface area contributed by atoms with Gasteiger partial charge in [-0.3, -0.25) is 4.79 Å². The Hall–Kier alpha value is -1.10. The van der Waals surface area contributed by atoms with Gasteiger partial charge in [-0.05, 0) is 49.3 Å². The summed E-state index contributed by atoms with van der Waals surface area (Å²) in [4.78, 5) is 14.4. The van der Waals surface area contributed by atoms with Crippen LogP contribution in [0.4, 0.5) is 0 Å². The van der Waals surface area contributed by atoms with Crippen LogP contribution in [0.25, 0.3) is 0 Å². The van der Waals surface area contributed by atoms with Crippen LogP contribution in [0, 0.1) is 0 Å². The predicted octanol–water partition coefficient (Wildman–Crippen LogP) is 3.52. The lowest BCUT2D eigenvalue weighted by atomic mass is 10.00. The molecule has 1 aliphatic rings. The Labute approximate surface area is 158 Å². The third kappa shape index (κ3) is 7.35. The molecule has 0 unspecified atom stereocenters. The van der Waals surface area contributed by atoms with Crippen molar-refractivity contribution >= 4 is 18.3 Å². The minimum atomic E-state index is 0. The topological polar surface area (TPSA) is 55.6 Å². The van der Waals surface area contributed by atoms with Crippen LogP contribution in [-0.2, 0) is 16.0 Å². The van der Waals surface area contributed by atoms with Gasteiger partial charge >= 0.3 is 0 Å². The van der Waals surface area contributed by atoms with E-state index in [-0.39, 0.29) is 18.3 Å². The zero-order valence-electron chi connectivity index (χ0n) is 15.6. The molecular weight excluding hydrogens is 336 g/mol. The summed E-state index contributed by atoms with van der Waals surface area (Å²) in [7, 11) is 0. The molecular formula is C20H33ClN2O2. The number of halogens is 1. The molecule has 0 aromatic heterocycles. The normalized spacial score (nSPS) is 15.3. The Morgan fingerprint density at radius 2 is 1.88 bits per heavy atom. The number of nitrogens with zero attached hydrogens (tertiary/aromatic N) is 1. The highest BCUT2D eigenvalue weighted by molar-refractivity contribution is 5.85. The molecule has 5 heteroatoms. The van der Waals surface area contributed by atoms with E-state index in [9.17, 15) is 4.79 Å². The van der Waals surface area contributed by atoms with E-state index in [4.69, 9.17) is 10.5 Å². The molecule has 25 heavy (non-hydrogen) atoms. The summed E-state index contributed by atoms with van der Waals surface area (Å²) in [6.07, 6.45) is 4.52. The first-order valence-electron chi connectivity index (χ1n) is 9.28. The number of likely N-dealkylation sites (tertiary alicyclic amines) is 1. The first-order valence-corrected chi connectivity index (χ1v) is 9.28. The van der Waals surface area contributed by atoms with Gasteiger partial charge in [-0.2, -0.15) is 0 Å². The first kappa shape index (κ1) is 21.9. The van der Waals surface area contributed by atoms with E-state index in [1.807, 2.05) is 4.90 Å². The molecule has 142 valence electrons. The second kappa shape index (κ2) is 11.5. The summed E-state index contributed by atoms with van der Waals surface area (Å²) in [5, 5.41) is 0. The van der Waals surface area contributed by atoms with Crippen LogP contribution < -0.4 is 5.73 Å². The van der Waals surface area contributed by atoms with E-state index >= 15 is 0 Å². The number of aryl methyl sites for hydroxylation is 1. The number of amides is 1. The van der Waals surface area contributed by atoms with Crippen molar-refractivity contribution in [2.45, 2.75) is 58.0 Å². The highest BCUT2D eigenvalue weighted by Crippen LogP contribution is 2.17. The van der Waals surface area contributed by atoms with Crippen molar-refractivity contribution < 1.29 is 9.53 Å². The standard InChI is InChI=1S/C20H32N2O2.ClH/c1-16(2)18-7-4-17(5-8-18)6-9-20(23)22-13-10-19(11-14-22)24-15-3-12-21;/h4-5,7-8,16,19H,3,6,9-15,21H2,1-2H3;1H. The van der Waals surface area contributed by atoms with Gasteiger partial charge in [0.1, 0.15) is 0 Å². The third-order valence-electron chi connectivity index (χ3n) is 4.77. The minimum absolute atomic E-state index is 0. The number of carbonyl (C=O) groups is 1. The Balaban J connectivity index is 0.00000312. The molecule has 1 aromatic rings. The molecule has 1 saturated heterocycles. The van der Waals surface area contributed by atoms with Gasteiger partial charge in [0, 0.05) is 26.1 Å². The lowest BCUT2D eigenvalue weighted by Gasteiger charge is -2.32. The van der Waals surface area contributed by atoms with Gasteiger partial charge in [0.15, 0.2) is 0 Å². The third-order valence-corrected chi connectivity index (χ3v) is 4.77. The number of hydrogen-bond donors (Lipinski definition) is 1. The fourth-order valence-corrected chi connectivity index (χ4v) is 3.08. The number of benzene rings is 1. The first-order chi connectivity index (χ1) is 11.6. The van der Waals surface area contributed by atoms with Crippen LogP contribution in [0.3, 0.4) is 0 Å². The second-order valence-corrected chi connectivity index (χ2v) is 6.99. The van der Waals surface area contributed by atoms with E-state index < -0.39 is 0 Å². The molecule has 0 aliphatic carbocycles. The van der Waals surface area contributed by atoms with Crippen LogP contribution in [0.5, 0.6) is 0 Å². The molecule has 0 saturated carbocycles. The number of hydrogen-bond acceptors (Lipinski definition) is 3. The van der Waals surface area contributed by atoms with Crippen molar-refractivity contribution in [2.24, 2.45) is 5.73 Å². The van der Waals surface area contributed by atoms with Crippen molar-refractivity contribution in [3.05, 3.63) is 35.4 Å². The molecule has 1 aliphatic heterocycles. The van der Waals surface area contributed by atoms with Crippen molar-refractivity contribution in [1.82, 2.24) is 4.90 Å². The fourth-order valence-electron chi connectivity index (χ4n) is 3.08. The minimum Gasteiger partial charge on any atom is -0.378 e. The molecule has 0 bridgehead atoms. The number of ether oxygens (including phenoxy) is 1. The van der Waals surface area contributed by atoms with Crippen LogP contribution in [0.2, 0.25) is 0 Å². The molecule has 4 nitrogen and oxygen atoms in total. The quantitative estimate of drug-likeness (QED) is 0.714. The van der Waals surface area contributed by atoms with Gasteiger partial charge in [-0.15, -0.1) is 12.4 Å². The smallest absolute Gasteiger partial charge is 0.222 e. The Bertz CT molecular complexity index is 497. The van der Waals surface area contributed by atoms with Gasteiger partial charge in [0.2, 0.25) is 5.91 Å². The van der Waals surface area contributed by atoms with E-state index in [1.54, 1.807) is 0 Å². The fraction of sp³-hybridized carbons (Fsp3) is 0.650. The van der Waals surface area contributed by atoms with E-state index in [1.165, 1.54) is 11.1 Å². The van der Waals surface area contributed by atoms with Gasteiger partial charge < -0.3 is 15.4 Å². The maximum atomic E-state index is 12.4. The Morgan fingerprint density at radius 3 is 2.44 bits per heavy atom. The summed E-state index contributed by atoms with van der Waals surface area (Å²) in [5.74, 6) is 0.817. The molecule has 2 N–H and O–H groups in total. The number of rotatable bonds is 8. The van der Waals surface area contributed by atoms with Crippen LogP contribution in [-0.4, -0.2) is 43.2 Å². The van der Waals surface area contributed by atoms with Crippen LogP contribution in [0.15, 0.2) is 24.3 Å². The van der Waals surface area contributed by atoms with Gasteiger partial charge in [0.25, 0.3) is 0 Å². The van der Waals surface area contributed by atoms with Gasteiger partial charge in [0.05, 0.1) is 6.10 Å². The average Bonchev–Trinajstić information content (AvgIpc) is 2.61. The number of nitrogens with two attached hydrogens (primary N) is 1.